The molecule has 0 aliphatic rings. The molecule has 3 N–H and O–H groups in total. The molecule has 0 atom stereocenters. The number of aryl methyl sites for hydroxylation is 1. The Labute approximate surface area is 178 Å². The third kappa shape index (κ3) is 13.0. The van der Waals surface area contributed by atoms with Crippen LogP contribution >= 0.6 is 0 Å². The number of nitrogens with one attached hydrogen (secondary N) is 1. The Morgan fingerprint density at radius 3 is 2.16 bits per heavy atom. The number of ether oxygens (including phenoxy) is 1. The molecule has 2 rings (SSSR count). The number of hydrogen-bond donors (Lipinski definition) is 3. The van der Waals surface area contributed by atoms with E-state index in [9.17, 15) is 18.0 Å². The van der Waals surface area contributed by atoms with E-state index >= 15 is 0 Å². The number of benzene rings is 2. The Bertz CT molecular complexity index is 797. The first kappa shape index (κ1) is 26.0. The van der Waals surface area contributed by atoms with Gasteiger partial charge in [0.2, 0.25) is 0 Å². The van der Waals surface area contributed by atoms with Gasteiger partial charge in [-0.1, -0.05) is 42.5 Å². The van der Waals surface area contributed by atoms with Crippen LogP contribution in [0.3, 0.4) is 0 Å². The molecule has 0 radical (unpaired) electrons. The standard InChI is InChI=1S/C20H25NO3.C2HF3O2/c22-20(23)12-14-21-13-11-18-8-4-10-19(16-18)24-15-5-9-17-6-2-1-3-7-17;3-2(4,5)1(6)7/h1-4,6-8,10,16,21H,5,9,11-15H2,(H,22,23);(H,6,7). The van der Waals surface area contributed by atoms with E-state index in [4.69, 9.17) is 19.7 Å². The lowest BCUT2D eigenvalue weighted by Crippen LogP contribution is -2.21. The molecule has 0 aliphatic carbocycles. The number of halogens is 3. The summed E-state index contributed by atoms with van der Waals surface area (Å²) in [5.41, 5.74) is 2.53. The highest BCUT2D eigenvalue weighted by Gasteiger charge is 2.38. The third-order valence-corrected chi connectivity index (χ3v) is 3.97. The second-order valence-corrected chi connectivity index (χ2v) is 6.53. The molecule has 170 valence electrons. The van der Waals surface area contributed by atoms with Gasteiger partial charge in [-0.2, -0.15) is 13.2 Å². The van der Waals surface area contributed by atoms with Crippen molar-refractivity contribution in [3.05, 3.63) is 65.7 Å². The average Bonchev–Trinajstić information content (AvgIpc) is 2.72. The number of hydrogen-bond acceptors (Lipinski definition) is 4. The van der Waals surface area contributed by atoms with E-state index in [1.807, 2.05) is 18.2 Å². The number of alkyl halides is 3. The highest BCUT2D eigenvalue weighted by molar-refractivity contribution is 5.73. The predicted molar refractivity (Wildman–Crippen MR) is 109 cm³/mol. The molecule has 31 heavy (non-hydrogen) atoms. The fourth-order valence-electron chi connectivity index (χ4n) is 2.45. The molecule has 0 unspecified atom stereocenters. The molecule has 0 bridgehead atoms. The van der Waals surface area contributed by atoms with Crippen LogP contribution in [0.4, 0.5) is 13.2 Å². The van der Waals surface area contributed by atoms with Gasteiger partial charge < -0.3 is 20.3 Å². The molecule has 2 aromatic carbocycles. The highest BCUT2D eigenvalue weighted by atomic mass is 19.4. The van der Waals surface area contributed by atoms with Crippen LogP contribution in [0.5, 0.6) is 5.75 Å². The van der Waals surface area contributed by atoms with Crippen molar-refractivity contribution in [2.45, 2.75) is 31.9 Å². The van der Waals surface area contributed by atoms with Gasteiger partial charge in [0.05, 0.1) is 13.0 Å². The number of aliphatic carboxylic acids is 2. The van der Waals surface area contributed by atoms with E-state index < -0.39 is 18.1 Å². The molecule has 0 saturated carbocycles. The summed E-state index contributed by atoms with van der Waals surface area (Å²) in [6.07, 6.45) is -2.05. The maximum Gasteiger partial charge on any atom is 0.490 e. The number of rotatable bonds is 11. The van der Waals surface area contributed by atoms with Gasteiger partial charge in [-0.15, -0.1) is 0 Å². The molecule has 6 nitrogen and oxygen atoms in total. The lowest BCUT2D eigenvalue weighted by Gasteiger charge is -2.09. The van der Waals surface area contributed by atoms with Gasteiger partial charge in [0.25, 0.3) is 0 Å². The van der Waals surface area contributed by atoms with Crippen molar-refractivity contribution in [2.75, 3.05) is 19.7 Å². The van der Waals surface area contributed by atoms with Crippen LogP contribution in [0.1, 0.15) is 24.0 Å². The zero-order valence-electron chi connectivity index (χ0n) is 16.9. The van der Waals surface area contributed by atoms with Crippen LogP contribution in [0.15, 0.2) is 54.6 Å². The van der Waals surface area contributed by atoms with E-state index in [1.165, 1.54) is 11.1 Å². The molecular formula is C22H26F3NO5. The Morgan fingerprint density at radius 1 is 0.903 bits per heavy atom. The van der Waals surface area contributed by atoms with Gasteiger partial charge in [-0.3, -0.25) is 4.79 Å². The number of carboxylic acid groups (broad SMARTS) is 2. The molecule has 0 saturated heterocycles. The van der Waals surface area contributed by atoms with Gasteiger partial charge in [-0.05, 0) is 49.1 Å². The highest BCUT2D eigenvalue weighted by Crippen LogP contribution is 2.14. The van der Waals surface area contributed by atoms with Crippen LogP contribution in [-0.2, 0) is 22.4 Å². The molecule has 0 heterocycles. The molecule has 0 fully saturated rings. The summed E-state index contributed by atoms with van der Waals surface area (Å²) in [6.45, 7) is 1.98. The SMILES string of the molecule is O=C(O)C(F)(F)F.O=C(O)CCNCCc1cccc(OCCCc2ccccc2)c1. The average molecular weight is 441 g/mol. The summed E-state index contributed by atoms with van der Waals surface area (Å²) in [5, 5.41) is 18.8. The molecule has 2 aromatic rings. The van der Waals surface area contributed by atoms with Gasteiger partial charge >= 0.3 is 18.1 Å². The van der Waals surface area contributed by atoms with Gasteiger partial charge in [0.1, 0.15) is 5.75 Å². The minimum Gasteiger partial charge on any atom is -0.494 e. The third-order valence-electron chi connectivity index (χ3n) is 3.97. The molecule has 0 amide bonds. The summed E-state index contributed by atoms with van der Waals surface area (Å²) in [6, 6.07) is 18.5. The van der Waals surface area contributed by atoms with E-state index in [-0.39, 0.29) is 6.42 Å². The van der Waals surface area contributed by atoms with Crippen LogP contribution in [0.25, 0.3) is 0 Å². The van der Waals surface area contributed by atoms with Crippen LogP contribution in [-0.4, -0.2) is 48.0 Å². The fourth-order valence-corrected chi connectivity index (χ4v) is 2.45. The van der Waals surface area contributed by atoms with Gasteiger partial charge in [0.15, 0.2) is 0 Å². The van der Waals surface area contributed by atoms with Gasteiger partial charge in [0, 0.05) is 6.54 Å². The fraction of sp³-hybridized carbons (Fsp3) is 0.364. The quantitative estimate of drug-likeness (QED) is 0.457. The lowest BCUT2D eigenvalue weighted by atomic mass is 10.1. The van der Waals surface area contributed by atoms with Crippen molar-refractivity contribution in [3.63, 3.8) is 0 Å². The summed E-state index contributed by atoms with van der Waals surface area (Å²) in [7, 11) is 0. The summed E-state index contributed by atoms with van der Waals surface area (Å²) in [4.78, 5) is 19.3. The molecular weight excluding hydrogens is 415 g/mol. The maximum atomic E-state index is 10.6. The maximum absolute atomic E-state index is 10.6. The van der Waals surface area contributed by atoms with Crippen molar-refractivity contribution < 1.29 is 37.7 Å². The van der Waals surface area contributed by atoms with E-state index in [1.54, 1.807) is 0 Å². The normalized spacial score (nSPS) is 10.7. The number of carbonyl (C=O) groups is 2. The van der Waals surface area contributed by atoms with Crippen LogP contribution < -0.4 is 10.1 Å². The first-order valence-corrected chi connectivity index (χ1v) is 9.67. The molecule has 0 spiro atoms. The summed E-state index contributed by atoms with van der Waals surface area (Å²) < 4.78 is 37.6. The zero-order chi connectivity index (χ0) is 23.1. The van der Waals surface area contributed by atoms with E-state index in [2.05, 4.69) is 41.7 Å². The van der Waals surface area contributed by atoms with Crippen molar-refractivity contribution in [3.8, 4) is 5.75 Å². The Morgan fingerprint density at radius 2 is 1.55 bits per heavy atom. The topological polar surface area (TPSA) is 95.9 Å². The van der Waals surface area contributed by atoms with Crippen molar-refractivity contribution in [1.82, 2.24) is 5.32 Å². The first-order valence-electron chi connectivity index (χ1n) is 9.67. The minimum absolute atomic E-state index is 0.157. The second kappa shape index (κ2) is 14.0. The number of carboxylic acids is 2. The first-order chi connectivity index (χ1) is 14.7. The second-order valence-electron chi connectivity index (χ2n) is 6.53. The summed E-state index contributed by atoms with van der Waals surface area (Å²) in [5.74, 6) is -2.63. The molecule has 0 aromatic heterocycles. The monoisotopic (exact) mass is 441 g/mol. The Balaban J connectivity index is 0.000000592. The van der Waals surface area contributed by atoms with Crippen LogP contribution in [0.2, 0.25) is 0 Å². The zero-order valence-corrected chi connectivity index (χ0v) is 16.9. The van der Waals surface area contributed by atoms with Crippen molar-refractivity contribution in [1.29, 1.82) is 0 Å². The smallest absolute Gasteiger partial charge is 0.490 e. The predicted octanol–water partition coefficient (Wildman–Crippen LogP) is 3.94. The minimum atomic E-state index is -5.08. The molecule has 0 aliphatic heterocycles. The summed E-state index contributed by atoms with van der Waals surface area (Å²) >= 11 is 0. The van der Waals surface area contributed by atoms with Crippen molar-refractivity contribution >= 4 is 11.9 Å². The molecule has 9 heteroatoms. The van der Waals surface area contributed by atoms with Gasteiger partial charge in [-0.25, -0.2) is 4.79 Å². The van der Waals surface area contributed by atoms with E-state index in [0.29, 0.717) is 13.2 Å². The van der Waals surface area contributed by atoms with E-state index in [0.717, 1.165) is 31.6 Å². The lowest BCUT2D eigenvalue weighted by molar-refractivity contribution is -0.192. The largest absolute Gasteiger partial charge is 0.494 e. The Hall–Kier alpha value is -3.07. The van der Waals surface area contributed by atoms with Crippen molar-refractivity contribution in [2.24, 2.45) is 0 Å². The Kier molecular flexibility index (Phi) is 11.7. The van der Waals surface area contributed by atoms with Crippen LogP contribution in [0, 0.1) is 0 Å².